The molecule has 0 saturated carbocycles. The second kappa shape index (κ2) is 5.22. The van der Waals surface area contributed by atoms with Crippen LogP contribution in [0.5, 0.6) is 0 Å². The average molecular weight is 339 g/mol. The van der Waals surface area contributed by atoms with Crippen LogP contribution in [0, 0.1) is 13.8 Å². The lowest BCUT2D eigenvalue weighted by atomic mass is 10.2. The first-order chi connectivity index (χ1) is 10.4. The number of hydrogen-bond donors (Lipinski definition) is 0. The summed E-state index contributed by atoms with van der Waals surface area (Å²) in [7, 11) is -4.02. The van der Waals surface area contributed by atoms with Gasteiger partial charge in [-0.3, -0.25) is 0 Å². The largest absolute Gasteiger partial charge is 0.360 e. The van der Waals surface area contributed by atoms with Crippen molar-refractivity contribution in [3.8, 4) is 11.4 Å². The molecule has 0 spiro atoms. The fourth-order valence-electron chi connectivity index (χ4n) is 2.17. The Bertz CT molecular complexity index is 912. The van der Waals surface area contributed by atoms with Gasteiger partial charge in [0.2, 0.25) is 5.28 Å². The van der Waals surface area contributed by atoms with Crippen LogP contribution in [-0.4, -0.2) is 27.7 Å². The fraction of sp³-hybridized carbons (Fsp3) is 0.154. The molecule has 114 valence electrons. The van der Waals surface area contributed by atoms with Crippen molar-refractivity contribution in [1.29, 1.82) is 0 Å². The van der Waals surface area contributed by atoms with Gasteiger partial charge in [-0.25, -0.2) is 8.42 Å². The maximum absolute atomic E-state index is 12.9. The topological polar surface area (TPSA) is 90.9 Å². The van der Waals surface area contributed by atoms with Crippen molar-refractivity contribution in [2.24, 2.45) is 0 Å². The molecule has 0 unspecified atom stereocenters. The van der Waals surface area contributed by atoms with Gasteiger partial charge in [0, 0.05) is 5.56 Å². The average Bonchev–Trinajstić information content (AvgIpc) is 3.03. The minimum absolute atomic E-state index is 0.0358. The Morgan fingerprint density at radius 2 is 1.82 bits per heavy atom. The molecule has 0 radical (unpaired) electrons. The molecule has 0 amide bonds. The van der Waals surface area contributed by atoms with E-state index in [1.807, 2.05) is 6.07 Å². The van der Waals surface area contributed by atoms with Crippen molar-refractivity contribution in [3.63, 3.8) is 0 Å². The maximum Gasteiger partial charge on any atom is 0.277 e. The van der Waals surface area contributed by atoms with Crippen LogP contribution in [0.25, 0.3) is 11.4 Å². The summed E-state index contributed by atoms with van der Waals surface area (Å²) in [6.45, 7) is 3.07. The Hall–Kier alpha value is -2.19. The second-order valence-corrected chi connectivity index (χ2v) is 6.64. The lowest BCUT2D eigenvalue weighted by Crippen LogP contribution is -2.16. The third kappa shape index (κ3) is 2.20. The van der Waals surface area contributed by atoms with E-state index in [9.17, 15) is 8.42 Å². The van der Waals surface area contributed by atoms with Crippen molar-refractivity contribution in [2.45, 2.75) is 18.7 Å². The number of hydrogen-bond acceptors (Lipinski definition) is 6. The van der Waals surface area contributed by atoms with Crippen LogP contribution in [0.3, 0.4) is 0 Å². The molecule has 3 rings (SSSR count). The van der Waals surface area contributed by atoms with E-state index in [2.05, 4.69) is 15.4 Å². The van der Waals surface area contributed by atoms with Crippen LogP contribution in [0.15, 0.2) is 39.8 Å². The van der Waals surface area contributed by atoms with Gasteiger partial charge in [0.05, 0.1) is 0 Å². The maximum atomic E-state index is 12.9. The predicted molar refractivity (Wildman–Crippen MR) is 79.0 cm³/mol. The minimum Gasteiger partial charge on any atom is -0.360 e. The minimum atomic E-state index is -4.02. The molecule has 9 heteroatoms. The Morgan fingerprint density at radius 1 is 1.14 bits per heavy atom. The van der Waals surface area contributed by atoms with Gasteiger partial charge in [0.15, 0.2) is 16.5 Å². The number of aryl methyl sites for hydroxylation is 2. The molecule has 0 N–H and O–H groups in total. The molecule has 0 aliphatic carbocycles. The molecule has 3 aromatic rings. The first-order valence-electron chi connectivity index (χ1n) is 6.27. The van der Waals surface area contributed by atoms with Crippen molar-refractivity contribution < 1.29 is 12.9 Å². The molecule has 0 bridgehead atoms. The smallest absolute Gasteiger partial charge is 0.277 e. The number of nitrogens with zero attached hydrogens (tertiary/aromatic N) is 4. The Balaban J connectivity index is 2.28. The van der Waals surface area contributed by atoms with Crippen LogP contribution in [0.1, 0.15) is 11.5 Å². The van der Waals surface area contributed by atoms with Gasteiger partial charge in [-0.15, -0.1) is 10.2 Å². The fourth-order valence-corrected chi connectivity index (χ4v) is 4.16. The highest BCUT2D eigenvalue weighted by molar-refractivity contribution is 7.90. The molecular weight excluding hydrogens is 328 g/mol. The number of rotatable bonds is 3. The zero-order valence-corrected chi connectivity index (χ0v) is 13.3. The van der Waals surface area contributed by atoms with Crippen molar-refractivity contribution in [2.75, 3.05) is 0 Å². The van der Waals surface area contributed by atoms with E-state index in [-0.39, 0.29) is 27.5 Å². The molecule has 1 aromatic carbocycles. The summed E-state index contributed by atoms with van der Waals surface area (Å²) in [5.41, 5.74) is 0.832. The second-order valence-electron chi connectivity index (χ2n) is 4.58. The van der Waals surface area contributed by atoms with E-state index < -0.39 is 10.0 Å². The molecular formula is C13H11ClN4O3S. The Morgan fingerprint density at radius 3 is 2.41 bits per heavy atom. The monoisotopic (exact) mass is 338 g/mol. The van der Waals surface area contributed by atoms with E-state index in [1.165, 1.54) is 6.92 Å². The zero-order valence-electron chi connectivity index (χ0n) is 11.7. The van der Waals surface area contributed by atoms with Gasteiger partial charge in [-0.2, -0.15) is 3.97 Å². The van der Waals surface area contributed by atoms with Gasteiger partial charge in [-0.1, -0.05) is 35.5 Å². The molecule has 22 heavy (non-hydrogen) atoms. The molecule has 0 fully saturated rings. The highest BCUT2D eigenvalue weighted by Crippen LogP contribution is 2.29. The summed E-state index contributed by atoms with van der Waals surface area (Å²) in [5, 5.41) is 11.0. The van der Waals surface area contributed by atoms with Gasteiger partial charge >= 0.3 is 0 Å². The summed E-state index contributed by atoms with van der Waals surface area (Å²) in [6, 6.07) is 8.80. The molecule has 0 saturated heterocycles. The van der Waals surface area contributed by atoms with E-state index in [0.717, 1.165) is 3.97 Å². The van der Waals surface area contributed by atoms with Crippen LogP contribution >= 0.6 is 11.6 Å². The van der Waals surface area contributed by atoms with Crippen LogP contribution in [0.2, 0.25) is 5.28 Å². The lowest BCUT2D eigenvalue weighted by molar-refractivity contribution is 0.390. The van der Waals surface area contributed by atoms with Gasteiger partial charge < -0.3 is 4.52 Å². The van der Waals surface area contributed by atoms with Crippen molar-refractivity contribution in [3.05, 3.63) is 47.1 Å². The Kier molecular flexibility index (Phi) is 3.50. The van der Waals surface area contributed by atoms with Gasteiger partial charge in [-0.05, 0) is 25.4 Å². The molecule has 7 nitrogen and oxygen atoms in total. The van der Waals surface area contributed by atoms with Crippen LogP contribution in [-0.2, 0) is 10.0 Å². The summed E-state index contributed by atoms with van der Waals surface area (Å²) in [6.07, 6.45) is 0. The Labute approximate surface area is 131 Å². The molecule has 0 aliphatic heterocycles. The number of halogens is 1. The van der Waals surface area contributed by atoms with E-state index in [1.54, 1.807) is 31.2 Å². The summed E-state index contributed by atoms with van der Waals surface area (Å²) >= 11 is 5.96. The van der Waals surface area contributed by atoms with Gasteiger partial charge in [0.25, 0.3) is 10.0 Å². The SMILES string of the molecule is Cc1noc(C)c1S(=O)(=O)n1c(Cl)nnc1-c1ccccc1. The van der Waals surface area contributed by atoms with Crippen molar-refractivity contribution >= 4 is 21.6 Å². The summed E-state index contributed by atoms with van der Waals surface area (Å²) in [5.74, 6) is 0.312. The first-order valence-corrected chi connectivity index (χ1v) is 8.09. The van der Waals surface area contributed by atoms with E-state index >= 15 is 0 Å². The van der Waals surface area contributed by atoms with E-state index in [0.29, 0.717) is 5.56 Å². The predicted octanol–water partition coefficient (Wildman–Crippen LogP) is 2.44. The van der Waals surface area contributed by atoms with Gasteiger partial charge in [0.1, 0.15) is 5.69 Å². The third-order valence-electron chi connectivity index (χ3n) is 3.09. The summed E-state index contributed by atoms with van der Waals surface area (Å²) in [4.78, 5) is -0.0358. The first kappa shape index (κ1) is 14.7. The highest BCUT2D eigenvalue weighted by atomic mass is 35.5. The normalized spacial score (nSPS) is 11.8. The quantitative estimate of drug-likeness (QED) is 0.728. The molecule has 2 aromatic heterocycles. The molecule has 0 atom stereocenters. The summed E-state index contributed by atoms with van der Waals surface area (Å²) < 4.78 is 31.6. The zero-order chi connectivity index (χ0) is 15.9. The molecule has 0 aliphatic rings. The molecule has 2 heterocycles. The van der Waals surface area contributed by atoms with Crippen molar-refractivity contribution in [1.82, 2.24) is 19.3 Å². The third-order valence-corrected chi connectivity index (χ3v) is 5.36. The highest BCUT2D eigenvalue weighted by Gasteiger charge is 2.31. The van der Waals surface area contributed by atoms with E-state index in [4.69, 9.17) is 16.1 Å². The van der Waals surface area contributed by atoms with Crippen LogP contribution < -0.4 is 0 Å². The number of aromatic nitrogens is 4. The number of benzene rings is 1. The standard InChI is InChI=1S/C13H11ClN4O3S/c1-8-11(9(2)21-17-8)22(19,20)18-12(15-16-13(18)14)10-6-4-3-5-7-10/h3-7H,1-2H3. The van der Waals surface area contributed by atoms with Crippen LogP contribution in [0.4, 0.5) is 0 Å². The lowest BCUT2D eigenvalue weighted by Gasteiger charge is -2.08.